The van der Waals surface area contributed by atoms with Gasteiger partial charge in [-0.2, -0.15) is 0 Å². The lowest BCUT2D eigenvalue weighted by Crippen LogP contribution is -2.15. The molecule has 100 valence electrons. The van der Waals surface area contributed by atoms with Crippen molar-refractivity contribution in [3.05, 3.63) is 71.0 Å². The van der Waals surface area contributed by atoms with Crippen LogP contribution in [0, 0.1) is 17.5 Å². The molecule has 0 aliphatic carbocycles. The summed E-state index contributed by atoms with van der Waals surface area (Å²) in [5.74, 6) is -1.44. The minimum Gasteiger partial charge on any atom is -0.330 e. The molecule has 0 aliphatic rings. The monoisotopic (exact) mass is 265 g/mol. The summed E-state index contributed by atoms with van der Waals surface area (Å²) >= 11 is 0. The largest absolute Gasteiger partial charge is 0.330 e. The first-order valence-electron chi connectivity index (χ1n) is 5.99. The number of rotatable bonds is 4. The van der Waals surface area contributed by atoms with E-state index in [9.17, 15) is 13.2 Å². The van der Waals surface area contributed by atoms with E-state index in [2.05, 4.69) is 0 Å². The molecule has 0 aromatic heterocycles. The average molecular weight is 265 g/mol. The Bertz CT molecular complexity index is 552. The minimum atomic E-state index is -0.480. The lowest BCUT2D eigenvalue weighted by molar-refractivity contribution is 0.570. The maximum Gasteiger partial charge on any atom is 0.126 e. The Hall–Kier alpha value is -1.81. The van der Waals surface area contributed by atoms with Crippen LogP contribution in [0.3, 0.4) is 0 Å². The molecule has 0 heterocycles. The Kier molecular flexibility index (Phi) is 4.22. The summed E-state index contributed by atoms with van der Waals surface area (Å²) in [6, 6.07) is 9.24. The zero-order chi connectivity index (χ0) is 13.8. The highest BCUT2D eigenvalue weighted by atomic mass is 19.1. The highest BCUT2D eigenvalue weighted by Gasteiger charge is 2.14. The van der Waals surface area contributed by atoms with Gasteiger partial charge in [-0.15, -0.1) is 0 Å². The van der Waals surface area contributed by atoms with Crippen LogP contribution in [-0.2, 0) is 6.42 Å². The Morgan fingerprint density at radius 1 is 0.895 bits per heavy atom. The van der Waals surface area contributed by atoms with E-state index in [0.717, 1.165) is 17.7 Å². The Labute approximate surface area is 109 Å². The van der Waals surface area contributed by atoms with Gasteiger partial charge in [0.1, 0.15) is 17.5 Å². The summed E-state index contributed by atoms with van der Waals surface area (Å²) in [6.07, 6.45) is 0.283. The summed E-state index contributed by atoms with van der Waals surface area (Å²) in [6.45, 7) is 0.279. The first-order valence-corrected chi connectivity index (χ1v) is 5.99. The maximum absolute atomic E-state index is 13.6. The Balaban J connectivity index is 2.23. The molecule has 0 saturated heterocycles. The molecule has 0 amide bonds. The van der Waals surface area contributed by atoms with Gasteiger partial charge in [-0.05, 0) is 54.4 Å². The lowest BCUT2D eigenvalue weighted by Gasteiger charge is -2.16. The molecule has 2 aromatic carbocycles. The van der Waals surface area contributed by atoms with Gasteiger partial charge in [-0.3, -0.25) is 0 Å². The molecule has 0 saturated carbocycles. The van der Waals surface area contributed by atoms with Crippen molar-refractivity contribution in [3.63, 3.8) is 0 Å². The summed E-state index contributed by atoms with van der Waals surface area (Å²) < 4.78 is 39.5. The van der Waals surface area contributed by atoms with E-state index in [-0.39, 0.29) is 30.3 Å². The molecule has 4 heteroatoms. The second-order valence-corrected chi connectivity index (χ2v) is 4.42. The van der Waals surface area contributed by atoms with Crippen molar-refractivity contribution in [2.75, 3.05) is 6.54 Å². The van der Waals surface area contributed by atoms with Crippen LogP contribution in [0.1, 0.15) is 17.0 Å². The van der Waals surface area contributed by atoms with Gasteiger partial charge >= 0.3 is 0 Å². The van der Waals surface area contributed by atoms with Crippen molar-refractivity contribution in [2.45, 2.75) is 12.3 Å². The van der Waals surface area contributed by atoms with Crippen LogP contribution in [-0.4, -0.2) is 6.54 Å². The molecule has 2 N–H and O–H groups in total. The zero-order valence-corrected chi connectivity index (χ0v) is 10.2. The van der Waals surface area contributed by atoms with E-state index in [1.807, 2.05) is 0 Å². The van der Waals surface area contributed by atoms with E-state index in [0.29, 0.717) is 0 Å². The molecular formula is C15H14F3N. The van der Waals surface area contributed by atoms with Crippen molar-refractivity contribution < 1.29 is 13.2 Å². The van der Waals surface area contributed by atoms with Crippen LogP contribution >= 0.6 is 0 Å². The molecule has 0 spiro atoms. The van der Waals surface area contributed by atoms with Crippen LogP contribution in [0.25, 0.3) is 0 Å². The summed E-state index contributed by atoms with van der Waals surface area (Å²) in [7, 11) is 0. The summed E-state index contributed by atoms with van der Waals surface area (Å²) in [5, 5.41) is 0. The van der Waals surface area contributed by atoms with E-state index < -0.39 is 11.6 Å². The molecule has 1 atom stereocenters. The van der Waals surface area contributed by atoms with Gasteiger partial charge in [0.05, 0.1) is 0 Å². The molecule has 1 nitrogen and oxygen atoms in total. The number of benzene rings is 2. The second-order valence-electron chi connectivity index (χ2n) is 4.42. The van der Waals surface area contributed by atoms with Crippen LogP contribution in [0.15, 0.2) is 42.5 Å². The van der Waals surface area contributed by atoms with Crippen LogP contribution in [0.5, 0.6) is 0 Å². The first-order chi connectivity index (χ1) is 9.10. The van der Waals surface area contributed by atoms with Gasteiger partial charge in [-0.1, -0.05) is 12.1 Å². The molecule has 0 aliphatic heterocycles. The third-order valence-corrected chi connectivity index (χ3v) is 3.10. The smallest absolute Gasteiger partial charge is 0.126 e. The normalized spacial score (nSPS) is 12.4. The number of nitrogens with two attached hydrogens (primary N) is 1. The molecule has 0 radical (unpaired) electrons. The third kappa shape index (κ3) is 3.35. The van der Waals surface area contributed by atoms with E-state index in [1.165, 1.54) is 18.2 Å². The zero-order valence-electron chi connectivity index (χ0n) is 10.2. The Morgan fingerprint density at radius 2 is 1.53 bits per heavy atom. The molecule has 19 heavy (non-hydrogen) atoms. The summed E-state index contributed by atoms with van der Waals surface area (Å²) in [5.41, 5.74) is 6.76. The lowest BCUT2D eigenvalue weighted by atomic mass is 9.92. The molecule has 2 rings (SSSR count). The SMILES string of the molecule is NCC(Cc1cc(F)ccc1F)c1ccc(F)cc1. The highest BCUT2D eigenvalue weighted by molar-refractivity contribution is 5.26. The molecule has 0 bridgehead atoms. The summed E-state index contributed by atoms with van der Waals surface area (Å²) in [4.78, 5) is 0. The highest BCUT2D eigenvalue weighted by Crippen LogP contribution is 2.22. The van der Waals surface area contributed by atoms with Crippen molar-refractivity contribution in [2.24, 2.45) is 5.73 Å². The average Bonchev–Trinajstić information content (AvgIpc) is 2.41. The minimum absolute atomic E-state index is 0.170. The van der Waals surface area contributed by atoms with E-state index in [4.69, 9.17) is 5.73 Å². The van der Waals surface area contributed by atoms with Crippen molar-refractivity contribution in [1.29, 1.82) is 0 Å². The fourth-order valence-electron chi connectivity index (χ4n) is 2.04. The van der Waals surface area contributed by atoms with Crippen LogP contribution in [0.2, 0.25) is 0 Å². The van der Waals surface area contributed by atoms with Gasteiger partial charge in [-0.25, -0.2) is 13.2 Å². The number of halogens is 3. The standard InChI is InChI=1S/C15H14F3N/c16-13-3-1-10(2-4-13)12(9-19)7-11-8-14(17)5-6-15(11)18/h1-6,8,12H,7,9,19H2. The van der Waals surface area contributed by atoms with Gasteiger partial charge in [0.2, 0.25) is 0 Å². The van der Waals surface area contributed by atoms with E-state index >= 15 is 0 Å². The van der Waals surface area contributed by atoms with Crippen LogP contribution in [0.4, 0.5) is 13.2 Å². The third-order valence-electron chi connectivity index (χ3n) is 3.10. The van der Waals surface area contributed by atoms with Crippen molar-refractivity contribution in [1.82, 2.24) is 0 Å². The number of hydrogen-bond acceptors (Lipinski definition) is 1. The Morgan fingerprint density at radius 3 is 2.16 bits per heavy atom. The molecule has 2 aromatic rings. The van der Waals surface area contributed by atoms with Crippen molar-refractivity contribution >= 4 is 0 Å². The molecular weight excluding hydrogens is 251 g/mol. The van der Waals surface area contributed by atoms with Gasteiger partial charge in [0.25, 0.3) is 0 Å². The van der Waals surface area contributed by atoms with E-state index in [1.54, 1.807) is 12.1 Å². The quantitative estimate of drug-likeness (QED) is 0.901. The topological polar surface area (TPSA) is 26.0 Å². The van der Waals surface area contributed by atoms with Crippen LogP contribution < -0.4 is 5.73 Å². The molecule has 0 fully saturated rings. The second kappa shape index (κ2) is 5.89. The van der Waals surface area contributed by atoms with Gasteiger partial charge in [0.15, 0.2) is 0 Å². The fourth-order valence-corrected chi connectivity index (χ4v) is 2.04. The number of hydrogen-bond donors (Lipinski definition) is 1. The maximum atomic E-state index is 13.6. The molecule has 1 unspecified atom stereocenters. The van der Waals surface area contributed by atoms with Gasteiger partial charge in [0, 0.05) is 5.92 Å². The van der Waals surface area contributed by atoms with Crippen molar-refractivity contribution in [3.8, 4) is 0 Å². The first kappa shape index (κ1) is 13.6. The predicted octanol–water partition coefficient (Wildman–Crippen LogP) is 3.39. The van der Waals surface area contributed by atoms with Gasteiger partial charge < -0.3 is 5.73 Å². The predicted molar refractivity (Wildman–Crippen MR) is 68.3 cm³/mol. The fraction of sp³-hybridized carbons (Fsp3) is 0.200.